The van der Waals surface area contributed by atoms with Crippen LogP contribution in [0.15, 0.2) is 6.33 Å². The number of methoxy groups -OCH3 is 1. The van der Waals surface area contributed by atoms with Crippen LogP contribution < -0.4 is 4.90 Å². The summed E-state index contributed by atoms with van der Waals surface area (Å²) in [6.07, 6.45) is 4.15. The molecule has 3 heterocycles. The minimum Gasteiger partial charge on any atom is -0.383 e. The van der Waals surface area contributed by atoms with E-state index >= 15 is 0 Å². The molecule has 0 aromatic carbocycles. The number of fused-ring (bicyclic) bond motifs is 1. The second-order valence-corrected chi connectivity index (χ2v) is 6.82. The minimum absolute atomic E-state index is 0.713. The molecule has 0 saturated carbocycles. The van der Waals surface area contributed by atoms with Gasteiger partial charge >= 0.3 is 0 Å². The minimum atomic E-state index is 0.713. The quantitative estimate of drug-likeness (QED) is 0.800. The number of hydrogen-bond donors (Lipinski definition) is 0. The Labute approximate surface area is 143 Å². The largest absolute Gasteiger partial charge is 0.383 e. The Bertz CT molecular complexity index is 677. The number of anilines is 1. The predicted octanol–water partition coefficient (Wildman–Crippen LogP) is 1.54. The smallest absolute Gasteiger partial charge is 0.201 e. The monoisotopic (exact) mass is 332 g/mol. The fourth-order valence-corrected chi connectivity index (χ4v) is 3.58. The van der Waals surface area contributed by atoms with Crippen LogP contribution in [-0.4, -0.2) is 71.7 Å². The van der Waals surface area contributed by atoms with Gasteiger partial charge in [-0.15, -0.1) is 10.2 Å². The number of rotatable bonds is 6. The van der Waals surface area contributed by atoms with Gasteiger partial charge in [0.2, 0.25) is 5.65 Å². The van der Waals surface area contributed by atoms with E-state index in [1.54, 1.807) is 18.0 Å². The molecule has 132 valence electrons. The van der Waals surface area contributed by atoms with E-state index in [1.165, 1.54) is 18.4 Å². The van der Waals surface area contributed by atoms with Gasteiger partial charge in [-0.2, -0.15) is 9.61 Å². The van der Waals surface area contributed by atoms with Crippen LogP contribution in [0.3, 0.4) is 0 Å². The number of likely N-dealkylation sites (tertiary alicyclic amines) is 1. The summed E-state index contributed by atoms with van der Waals surface area (Å²) < 4.78 is 6.96. The molecule has 0 spiro atoms. The van der Waals surface area contributed by atoms with Crippen LogP contribution in [0.25, 0.3) is 5.65 Å². The molecule has 7 nitrogen and oxygen atoms in total. The second-order valence-electron chi connectivity index (χ2n) is 6.82. The summed E-state index contributed by atoms with van der Waals surface area (Å²) >= 11 is 0. The van der Waals surface area contributed by atoms with Gasteiger partial charge in [0.1, 0.15) is 6.33 Å². The molecular formula is C17H28N6O. The van der Waals surface area contributed by atoms with Crippen LogP contribution in [0.4, 0.5) is 5.69 Å². The van der Waals surface area contributed by atoms with Crippen molar-refractivity contribution in [3.63, 3.8) is 0 Å². The van der Waals surface area contributed by atoms with Gasteiger partial charge in [0.05, 0.1) is 18.0 Å². The maximum atomic E-state index is 5.18. The lowest BCUT2D eigenvalue weighted by atomic mass is 9.96. The molecule has 0 radical (unpaired) electrons. The first-order valence-corrected chi connectivity index (χ1v) is 8.69. The highest BCUT2D eigenvalue weighted by Crippen LogP contribution is 2.27. The van der Waals surface area contributed by atoms with Crippen LogP contribution in [0.2, 0.25) is 0 Å². The zero-order valence-electron chi connectivity index (χ0n) is 15.2. The van der Waals surface area contributed by atoms with E-state index in [-0.39, 0.29) is 0 Å². The van der Waals surface area contributed by atoms with Crippen molar-refractivity contribution in [3.05, 3.63) is 17.6 Å². The Morgan fingerprint density at radius 1 is 1.29 bits per heavy atom. The van der Waals surface area contributed by atoms with Gasteiger partial charge in [0, 0.05) is 27.2 Å². The van der Waals surface area contributed by atoms with Crippen molar-refractivity contribution in [2.24, 2.45) is 5.92 Å². The van der Waals surface area contributed by atoms with E-state index in [2.05, 4.69) is 39.1 Å². The zero-order valence-corrected chi connectivity index (χ0v) is 15.2. The number of aryl methyl sites for hydroxylation is 1. The molecule has 1 aliphatic heterocycles. The molecule has 0 unspecified atom stereocenters. The van der Waals surface area contributed by atoms with Crippen LogP contribution in [0, 0.1) is 19.8 Å². The summed E-state index contributed by atoms with van der Waals surface area (Å²) in [7, 11) is 3.93. The lowest BCUT2D eigenvalue weighted by molar-refractivity contribution is 0.121. The first-order valence-electron chi connectivity index (χ1n) is 8.69. The van der Waals surface area contributed by atoms with Crippen LogP contribution in [0.5, 0.6) is 0 Å². The molecular weight excluding hydrogens is 304 g/mol. The van der Waals surface area contributed by atoms with E-state index < -0.39 is 0 Å². The molecule has 0 atom stereocenters. The van der Waals surface area contributed by atoms with Crippen molar-refractivity contribution in [3.8, 4) is 0 Å². The summed E-state index contributed by atoms with van der Waals surface area (Å²) in [5, 5.41) is 12.8. The highest BCUT2D eigenvalue weighted by atomic mass is 16.5. The third-order valence-electron chi connectivity index (χ3n) is 5.13. The summed E-state index contributed by atoms with van der Waals surface area (Å²) in [6, 6.07) is 0. The van der Waals surface area contributed by atoms with E-state index in [4.69, 9.17) is 4.74 Å². The van der Waals surface area contributed by atoms with E-state index in [0.29, 0.717) is 5.92 Å². The second kappa shape index (κ2) is 7.44. The number of nitrogens with zero attached hydrogens (tertiary/aromatic N) is 6. The lowest BCUT2D eigenvalue weighted by Crippen LogP contribution is -2.39. The number of hydrogen-bond acceptors (Lipinski definition) is 6. The molecule has 2 aromatic rings. The third kappa shape index (κ3) is 3.52. The van der Waals surface area contributed by atoms with Gasteiger partial charge in [-0.25, -0.2) is 0 Å². The topological polar surface area (TPSA) is 58.8 Å². The molecule has 7 heteroatoms. The van der Waals surface area contributed by atoms with E-state index in [9.17, 15) is 0 Å². The molecule has 0 amide bonds. The average molecular weight is 332 g/mol. The first-order chi connectivity index (χ1) is 11.6. The van der Waals surface area contributed by atoms with Crippen molar-refractivity contribution >= 4 is 11.3 Å². The Morgan fingerprint density at radius 3 is 2.75 bits per heavy atom. The normalized spacial score (nSPS) is 16.8. The van der Waals surface area contributed by atoms with Gasteiger partial charge in [0.15, 0.2) is 0 Å². The fraction of sp³-hybridized carbons (Fsp3) is 0.706. The standard InChI is InChI=1S/C17H28N6O/c1-13-14(2)20-23-12-18-19-17(23)16(13)21(3)11-15-5-7-22(8-6-15)9-10-24-4/h12,15H,5-11H2,1-4H3. The van der Waals surface area contributed by atoms with Gasteiger partial charge < -0.3 is 14.5 Å². The Hall–Kier alpha value is -1.73. The molecule has 0 N–H and O–H groups in total. The van der Waals surface area contributed by atoms with Gasteiger partial charge in [-0.1, -0.05) is 0 Å². The van der Waals surface area contributed by atoms with Crippen molar-refractivity contribution < 1.29 is 4.74 Å². The summed E-state index contributed by atoms with van der Waals surface area (Å²) in [5.41, 5.74) is 4.22. The first kappa shape index (κ1) is 17.1. The Balaban J connectivity index is 1.67. The SMILES string of the molecule is COCCN1CCC(CN(C)c2c(C)c(C)nn3cnnc23)CC1. The highest BCUT2D eigenvalue weighted by molar-refractivity contribution is 5.72. The average Bonchev–Trinajstić information content (AvgIpc) is 3.02. The Morgan fingerprint density at radius 2 is 2.04 bits per heavy atom. The molecule has 0 aliphatic carbocycles. The summed E-state index contributed by atoms with van der Waals surface area (Å²) in [4.78, 5) is 4.84. The number of ether oxygens (including phenoxy) is 1. The van der Waals surface area contributed by atoms with Crippen LogP contribution in [-0.2, 0) is 4.74 Å². The van der Waals surface area contributed by atoms with Crippen molar-refractivity contribution in [2.75, 3.05) is 51.8 Å². The maximum absolute atomic E-state index is 5.18. The molecule has 2 aromatic heterocycles. The molecule has 1 saturated heterocycles. The molecule has 1 fully saturated rings. The van der Waals surface area contributed by atoms with Crippen LogP contribution in [0.1, 0.15) is 24.1 Å². The third-order valence-corrected chi connectivity index (χ3v) is 5.13. The highest BCUT2D eigenvalue weighted by Gasteiger charge is 2.22. The van der Waals surface area contributed by atoms with Gasteiger partial charge in [0.25, 0.3) is 0 Å². The summed E-state index contributed by atoms with van der Waals surface area (Å²) in [6.45, 7) is 9.40. The lowest BCUT2D eigenvalue weighted by Gasteiger charge is -2.34. The summed E-state index contributed by atoms with van der Waals surface area (Å²) in [5.74, 6) is 0.713. The van der Waals surface area contributed by atoms with Crippen molar-refractivity contribution in [1.29, 1.82) is 0 Å². The van der Waals surface area contributed by atoms with E-state index in [0.717, 1.165) is 49.8 Å². The zero-order chi connectivity index (χ0) is 17.1. The fourth-order valence-electron chi connectivity index (χ4n) is 3.58. The van der Waals surface area contributed by atoms with Crippen LogP contribution >= 0.6 is 0 Å². The molecule has 24 heavy (non-hydrogen) atoms. The van der Waals surface area contributed by atoms with Gasteiger partial charge in [-0.05, 0) is 51.3 Å². The number of piperidine rings is 1. The van der Waals surface area contributed by atoms with E-state index in [1.807, 2.05) is 6.92 Å². The number of aromatic nitrogens is 4. The van der Waals surface area contributed by atoms with Crippen molar-refractivity contribution in [1.82, 2.24) is 24.7 Å². The molecule has 0 bridgehead atoms. The molecule has 1 aliphatic rings. The maximum Gasteiger partial charge on any atom is 0.201 e. The van der Waals surface area contributed by atoms with Crippen molar-refractivity contribution in [2.45, 2.75) is 26.7 Å². The Kier molecular flexibility index (Phi) is 5.30. The predicted molar refractivity (Wildman–Crippen MR) is 94.6 cm³/mol. The molecule has 3 rings (SSSR count). The van der Waals surface area contributed by atoms with Gasteiger partial charge in [-0.3, -0.25) is 0 Å².